The van der Waals surface area contributed by atoms with Gasteiger partial charge >= 0.3 is 5.97 Å². The quantitative estimate of drug-likeness (QED) is 0.121. The van der Waals surface area contributed by atoms with Crippen molar-refractivity contribution in [1.82, 2.24) is 25.9 Å². The summed E-state index contributed by atoms with van der Waals surface area (Å²) in [5.74, 6) is -2.86. The van der Waals surface area contributed by atoms with Crippen molar-refractivity contribution < 1.29 is 29.4 Å². The van der Waals surface area contributed by atoms with Crippen LogP contribution in [0.1, 0.15) is 50.8 Å². The lowest BCUT2D eigenvalue weighted by Gasteiger charge is -2.25. The van der Waals surface area contributed by atoms with Crippen LogP contribution >= 0.6 is 0 Å². The number of benzene rings is 1. The number of aromatic nitrogens is 2. The van der Waals surface area contributed by atoms with Crippen LogP contribution in [0.15, 0.2) is 36.8 Å². The average molecular weight is 560 g/mol. The van der Waals surface area contributed by atoms with E-state index in [0.29, 0.717) is 37.1 Å². The fourth-order valence-corrected chi connectivity index (χ4v) is 4.09. The smallest absolute Gasteiger partial charge is 0.326 e. The first kappa shape index (κ1) is 32.2. The Bertz CT molecular complexity index is 1090. The number of phenolic OH excluding ortho intramolecular Hbond substituents is 1. The van der Waals surface area contributed by atoms with E-state index in [1.807, 2.05) is 13.8 Å². The maximum atomic E-state index is 13.4. The van der Waals surface area contributed by atoms with Gasteiger partial charge in [0.25, 0.3) is 0 Å². The number of aromatic amines is 1. The minimum Gasteiger partial charge on any atom is -0.508 e. The Morgan fingerprint density at radius 1 is 0.925 bits per heavy atom. The molecule has 0 spiro atoms. The van der Waals surface area contributed by atoms with Crippen LogP contribution in [0, 0.1) is 5.92 Å². The number of carbonyl (C=O) groups is 4. The van der Waals surface area contributed by atoms with E-state index >= 15 is 0 Å². The molecule has 2 aromatic rings. The van der Waals surface area contributed by atoms with E-state index in [-0.39, 0.29) is 30.9 Å². The fourth-order valence-electron chi connectivity index (χ4n) is 4.09. The highest BCUT2D eigenvalue weighted by molar-refractivity contribution is 5.94. The van der Waals surface area contributed by atoms with Crippen LogP contribution in [-0.4, -0.2) is 74.6 Å². The molecular formula is C27H41N7O6. The molecule has 2 rings (SSSR count). The molecular weight excluding hydrogens is 518 g/mol. The van der Waals surface area contributed by atoms with E-state index in [2.05, 4.69) is 25.9 Å². The highest BCUT2D eigenvalue weighted by Crippen LogP contribution is 2.12. The van der Waals surface area contributed by atoms with Gasteiger partial charge in [-0.2, -0.15) is 0 Å². The number of carboxylic acids is 1. The molecule has 4 atom stereocenters. The zero-order chi connectivity index (χ0) is 29.7. The summed E-state index contributed by atoms with van der Waals surface area (Å²) in [4.78, 5) is 58.1. The minimum absolute atomic E-state index is 0.0307. The number of phenols is 1. The van der Waals surface area contributed by atoms with Crippen LogP contribution in [0.3, 0.4) is 0 Å². The first-order valence-corrected chi connectivity index (χ1v) is 13.3. The Morgan fingerprint density at radius 2 is 1.55 bits per heavy atom. The van der Waals surface area contributed by atoms with Crippen LogP contribution in [0.4, 0.5) is 0 Å². The van der Waals surface area contributed by atoms with E-state index in [1.54, 1.807) is 12.1 Å². The molecule has 1 aromatic carbocycles. The molecule has 4 unspecified atom stereocenters. The number of rotatable bonds is 17. The largest absolute Gasteiger partial charge is 0.508 e. The number of H-pyrrole nitrogens is 1. The second kappa shape index (κ2) is 16.2. The first-order chi connectivity index (χ1) is 19.0. The van der Waals surface area contributed by atoms with Gasteiger partial charge in [0.2, 0.25) is 17.7 Å². The molecule has 0 bridgehead atoms. The number of amides is 3. The topological polar surface area (TPSA) is 226 Å². The Kier molecular flexibility index (Phi) is 13.1. The number of hydrogen-bond donors (Lipinski definition) is 8. The van der Waals surface area contributed by atoms with Crippen LogP contribution in [0.5, 0.6) is 5.75 Å². The summed E-state index contributed by atoms with van der Waals surface area (Å²) in [5, 5.41) is 27.1. The van der Waals surface area contributed by atoms with Gasteiger partial charge in [-0.1, -0.05) is 26.0 Å². The molecule has 0 saturated heterocycles. The second-order valence-electron chi connectivity index (χ2n) is 10.2. The third-order valence-electron chi connectivity index (χ3n) is 6.24. The molecule has 0 aliphatic rings. The van der Waals surface area contributed by atoms with Gasteiger partial charge in [-0.3, -0.25) is 14.4 Å². The van der Waals surface area contributed by atoms with Crippen molar-refractivity contribution in [2.45, 2.75) is 76.5 Å². The van der Waals surface area contributed by atoms with Gasteiger partial charge in [0.1, 0.15) is 23.9 Å². The van der Waals surface area contributed by atoms with E-state index in [4.69, 9.17) is 11.5 Å². The Hall–Kier alpha value is -3.97. The molecule has 0 saturated carbocycles. The van der Waals surface area contributed by atoms with Crippen molar-refractivity contribution in [1.29, 1.82) is 0 Å². The molecule has 3 amide bonds. The summed E-state index contributed by atoms with van der Waals surface area (Å²) < 4.78 is 0. The standard InChI is InChI=1S/C27H41N7O6/c1-16(2)11-20(29)24(36)33-22(13-18-14-30-15-31-18)26(38)32-21(5-3-4-10-28)25(37)34-23(27(39)40)12-17-6-8-19(35)9-7-17/h6-9,14-16,20-23,35H,3-5,10-13,28-29H2,1-2H3,(H,30,31)(H,32,38)(H,33,36)(H,34,37)(H,39,40). The summed E-state index contributed by atoms with van der Waals surface area (Å²) in [6, 6.07) is 1.72. The minimum atomic E-state index is -1.28. The van der Waals surface area contributed by atoms with E-state index in [9.17, 15) is 29.4 Å². The number of nitrogens with two attached hydrogens (primary N) is 2. The number of carbonyl (C=O) groups excluding carboxylic acids is 3. The van der Waals surface area contributed by atoms with Crippen molar-refractivity contribution in [3.05, 3.63) is 48.0 Å². The third kappa shape index (κ3) is 11.0. The van der Waals surface area contributed by atoms with Crippen LogP contribution in [0.2, 0.25) is 0 Å². The lowest BCUT2D eigenvalue weighted by Crippen LogP contribution is -2.57. The molecule has 13 heteroatoms. The van der Waals surface area contributed by atoms with E-state index < -0.39 is 47.9 Å². The molecule has 40 heavy (non-hydrogen) atoms. The molecule has 220 valence electrons. The monoisotopic (exact) mass is 559 g/mol. The summed E-state index contributed by atoms with van der Waals surface area (Å²) in [6.07, 6.45) is 4.73. The van der Waals surface area contributed by atoms with Crippen LogP contribution < -0.4 is 27.4 Å². The summed E-state index contributed by atoms with van der Waals surface area (Å²) in [6.45, 7) is 4.24. The normalized spacial score (nSPS) is 14.1. The zero-order valence-corrected chi connectivity index (χ0v) is 22.9. The summed E-state index contributed by atoms with van der Waals surface area (Å²) in [7, 11) is 0. The van der Waals surface area contributed by atoms with Gasteiger partial charge in [-0.05, 0) is 55.8 Å². The van der Waals surface area contributed by atoms with Crippen molar-refractivity contribution >= 4 is 23.7 Å². The first-order valence-electron chi connectivity index (χ1n) is 13.3. The molecule has 0 aliphatic carbocycles. The van der Waals surface area contributed by atoms with Gasteiger partial charge in [-0.15, -0.1) is 0 Å². The molecule has 1 aromatic heterocycles. The van der Waals surface area contributed by atoms with E-state index in [0.717, 1.165) is 0 Å². The maximum absolute atomic E-state index is 13.4. The van der Waals surface area contributed by atoms with Gasteiger partial charge in [-0.25, -0.2) is 9.78 Å². The number of nitrogens with zero attached hydrogens (tertiary/aromatic N) is 1. The number of aromatic hydroxyl groups is 1. The number of hydrogen-bond acceptors (Lipinski definition) is 8. The van der Waals surface area contributed by atoms with Gasteiger partial charge in [0, 0.05) is 24.7 Å². The molecule has 1 heterocycles. The SMILES string of the molecule is CC(C)CC(N)C(=O)NC(Cc1cnc[nH]1)C(=O)NC(CCCCN)C(=O)NC(Cc1ccc(O)cc1)C(=O)O. The lowest BCUT2D eigenvalue weighted by molar-refractivity contribution is -0.142. The lowest BCUT2D eigenvalue weighted by atomic mass is 10.0. The summed E-state index contributed by atoms with van der Waals surface area (Å²) in [5.41, 5.74) is 12.8. The Balaban J connectivity index is 2.19. The summed E-state index contributed by atoms with van der Waals surface area (Å²) >= 11 is 0. The van der Waals surface area contributed by atoms with Crippen LogP contribution in [0.25, 0.3) is 0 Å². The third-order valence-corrected chi connectivity index (χ3v) is 6.24. The molecule has 13 nitrogen and oxygen atoms in total. The average Bonchev–Trinajstić information content (AvgIpc) is 3.41. The second-order valence-corrected chi connectivity index (χ2v) is 10.2. The predicted octanol–water partition coefficient (Wildman–Crippen LogP) is -0.0581. The van der Waals surface area contributed by atoms with Crippen molar-refractivity contribution in [2.24, 2.45) is 17.4 Å². The van der Waals surface area contributed by atoms with Crippen molar-refractivity contribution in [3.63, 3.8) is 0 Å². The van der Waals surface area contributed by atoms with Crippen LogP contribution in [-0.2, 0) is 32.0 Å². The molecule has 0 aliphatic heterocycles. The van der Waals surface area contributed by atoms with Gasteiger partial charge in [0.05, 0.1) is 12.4 Å². The van der Waals surface area contributed by atoms with Crippen molar-refractivity contribution in [2.75, 3.05) is 6.54 Å². The van der Waals surface area contributed by atoms with Gasteiger partial charge in [0.15, 0.2) is 0 Å². The fraction of sp³-hybridized carbons (Fsp3) is 0.519. The highest BCUT2D eigenvalue weighted by Gasteiger charge is 2.30. The highest BCUT2D eigenvalue weighted by atomic mass is 16.4. The Labute approximate surface area is 233 Å². The van der Waals surface area contributed by atoms with E-state index in [1.165, 1.54) is 24.7 Å². The molecule has 0 fully saturated rings. The predicted molar refractivity (Wildman–Crippen MR) is 148 cm³/mol. The maximum Gasteiger partial charge on any atom is 0.326 e. The molecule has 0 radical (unpaired) electrons. The molecule has 10 N–H and O–H groups in total. The Morgan fingerprint density at radius 3 is 2.12 bits per heavy atom. The van der Waals surface area contributed by atoms with Gasteiger partial charge < -0.3 is 42.6 Å². The zero-order valence-electron chi connectivity index (χ0n) is 22.9. The number of unbranched alkanes of at least 4 members (excludes halogenated alkanes) is 1. The number of carboxylic acid groups (broad SMARTS) is 1. The number of imidazole rings is 1. The number of aliphatic carboxylic acids is 1. The van der Waals surface area contributed by atoms with Crippen molar-refractivity contribution in [3.8, 4) is 5.75 Å². The number of nitrogens with one attached hydrogen (secondary N) is 4.